The van der Waals surface area contributed by atoms with E-state index in [2.05, 4.69) is 0 Å². The molecular weight excluding hydrogens is 374 g/mol. The fourth-order valence-electron chi connectivity index (χ4n) is 3.03. The van der Waals surface area contributed by atoms with Crippen molar-refractivity contribution in [2.75, 3.05) is 42.2 Å². The minimum Gasteiger partial charge on any atom is -0.493 e. The summed E-state index contributed by atoms with van der Waals surface area (Å²) in [5.41, 5.74) is 1.52. The van der Waals surface area contributed by atoms with Gasteiger partial charge in [-0.2, -0.15) is 0 Å². The van der Waals surface area contributed by atoms with Crippen LogP contribution in [-0.4, -0.2) is 53.4 Å². The van der Waals surface area contributed by atoms with Gasteiger partial charge in [0.25, 0.3) is 0 Å². The zero-order valence-electron chi connectivity index (χ0n) is 17.2. The van der Waals surface area contributed by atoms with E-state index in [1.165, 1.54) is 0 Å². The molecular formula is C22H25NO6. The minimum atomic E-state index is -0.486. The third-order valence-electron chi connectivity index (χ3n) is 4.55. The smallest absolute Gasteiger partial charge is 0.222 e. The molecule has 3 rings (SSSR count). The number of methoxy groups -OCH3 is 5. The summed E-state index contributed by atoms with van der Waals surface area (Å²) in [7, 11) is 7.87. The van der Waals surface area contributed by atoms with E-state index in [-0.39, 0.29) is 6.61 Å². The molecule has 0 saturated heterocycles. The van der Waals surface area contributed by atoms with E-state index >= 15 is 0 Å². The van der Waals surface area contributed by atoms with Gasteiger partial charge in [0.15, 0.2) is 17.8 Å². The number of ether oxygens (including phenoxy) is 6. The number of hydrogen-bond donors (Lipinski definition) is 0. The zero-order chi connectivity index (χ0) is 20.8. The number of nitrogens with zero attached hydrogens (tertiary/aromatic N) is 1. The molecule has 0 aliphatic heterocycles. The standard InChI is InChI=1S/C22H25NO6/c1-24-18-11-15(12-19(25-2)21(18)28-5)17-10-14-8-6-7-9-16(14)22(23-17)29-13-20(26-3)27-4/h6-12,20H,13H2,1-5H3. The van der Waals surface area contributed by atoms with E-state index in [4.69, 9.17) is 33.4 Å². The summed E-state index contributed by atoms with van der Waals surface area (Å²) in [6.07, 6.45) is -0.486. The van der Waals surface area contributed by atoms with E-state index in [0.29, 0.717) is 28.8 Å². The van der Waals surface area contributed by atoms with Crippen LogP contribution in [-0.2, 0) is 9.47 Å². The maximum atomic E-state index is 5.94. The van der Waals surface area contributed by atoms with Crippen molar-refractivity contribution >= 4 is 10.8 Å². The molecule has 0 unspecified atom stereocenters. The number of pyridine rings is 1. The van der Waals surface area contributed by atoms with E-state index in [9.17, 15) is 0 Å². The maximum Gasteiger partial charge on any atom is 0.222 e. The minimum absolute atomic E-state index is 0.211. The van der Waals surface area contributed by atoms with Crippen LogP contribution < -0.4 is 18.9 Å². The first kappa shape index (κ1) is 20.7. The average Bonchev–Trinajstić information content (AvgIpc) is 2.78. The van der Waals surface area contributed by atoms with Crippen molar-refractivity contribution in [3.05, 3.63) is 42.5 Å². The van der Waals surface area contributed by atoms with Gasteiger partial charge in [-0.15, -0.1) is 0 Å². The summed E-state index contributed by atoms with van der Waals surface area (Å²) in [4.78, 5) is 4.73. The number of rotatable bonds is 9. The highest BCUT2D eigenvalue weighted by molar-refractivity contribution is 5.90. The van der Waals surface area contributed by atoms with Gasteiger partial charge in [0.1, 0.15) is 6.61 Å². The summed E-state index contributed by atoms with van der Waals surface area (Å²) < 4.78 is 32.7. The van der Waals surface area contributed by atoms with E-state index in [1.807, 2.05) is 42.5 Å². The summed E-state index contributed by atoms with van der Waals surface area (Å²) in [5.74, 6) is 2.13. The lowest BCUT2D eigenvalue weighted by Crippen LogP contribution is -2.22. The largest absolute Gasteiger partial charge is 0.493 e. The van der Waals surface area contributed by atoms with E-state index in [0.717, 1.165) is 16.3 Å². The number of aromatic nitrogens is 1. The quantitative estimate of drug-likeness (QED) is 0.505. The zero-order valence-corrected chi connectivity index (χ0v) is 17.2. The lowest BCUT2D eigenvalue weighted by atomic mass is 10.1. The predicted octanol–water partition coefficient (Wildman–Crippen LogP) is 3.93. The molecule has 0 bridgehead atoms. The molecule has 154 valence electrons. The molecule has 0 aliphatic rings. The fourth-order valence-corrected chi connectivity index (χ4v) is 3.03. The number of hydrogen-bond acceptors (Lipinski definition) is 7. The van der Waals surface area contributed by atoms with Gasteiger partial charge in [0.2, 0.25) is 11.6 Å². The molecule has 7 nitrogen and oxygen atoms in total. The summed E-state index contributed by atoms with van der Waals surface area (Å²) in [5, 5.41) is 1.89. The predicted molar refractivity (Wildman–Crippen MR) is 110 cm³/mol. The van der Waals surface area contributed by atoms with Crippen LogP contribution in [0.5, 0.6) is 23.1 Å². The Bertz CT molecular complexity index is 946. The van der Waals surface area contributed by atoms with Crippen molar-refractivity contribution in [2.24, 2.45) is 0 Å². The first-order valence-electron chi connectivity index (χ1n) is 9.03. The molecule has 1 aromatic heterocycles. The Kier molecular flexibility index (Phi) is 6.74. The van der Waals surface area contributed by atoms with Crippen LogP contribution in [0.1, 0.15) is 0 Å². The number of fused-ring (bicyclic) bond motifs is 1. The first-order valence-corrected chi connectivity index (χ1v) is 9.03. The summed E-state index contributed by atoms with van der Waals surface area (Å²) in [6, 6.07) is 13.6. The van der Waals surface area contributed by atoms with Crippen LogP contribution in [0.15, 0.2) is 42.5 Å². The molecule has 29 heavy (non-hydrogen) atoms. The van der Waals surface area contributed by atoms with Crippen LogP contribution in [0.4, 0.5) is 0 Å². The first-order chi connectivity index (χ1) is 14.1. The molecule has 0 radical (unpaired) electrons. The highest BCUT2D eigenvalue weighted by Gasteiger charge is 2.17. The Morgan fingerprint density at radius 2 is 1.48 bits per heavy atom. The Hall–Kier alpha value is -3.03. The SMILES string of the molecule is COc1cc(-c2cc3ccccc3c(OCC(OC)OC)n2)cc(OC)c1OC. The molecule has 0 N–H and O–H groups in total. The Morgan fingerprint density at radius 1 is 0.828 bits per heavy atom. The van der Waals surface area contributed by atoms with Gasteiger partial charge in [0.05, 0.1) is 27.0 Å². The van der Waals surface area contributed by atoms with Crippen molar-refractivity contribution in [3.8, 4) is 34.4 Å². The molecule has 0 amide bonds. The summed E-state index contributed by atoms with van der Waals surface area (Å²) >= 11 is 0. The van der Waals surface area contributed by atoms with Crippen LogP contribution >= 0.6 is 0 Å². The van der Waals surface area contributed by atoms with Gasteiger partial charge in [0, 0.05) is 25.2 Å². The van der Waals surface area contributed by atoms with Gasteiger partial charge in [-0.1, -0.05) is 18.2 Å². The van der Waals surface area contributed by atoms with Crippen LogP contribution in [0.3, 0.4) is 0 Å². The molecule has 7 heteroatoms. The topological polar surface area (TPSA) is 68.3 Å². The molecule has 1 heterocycles. The monoisotopic (exact) mass is 399 g/mol. The Balaban J connectivity index is 2.10. The van der Waals surface area contributed by atoms with E-state index < -0.39 is 6.29 Å². The van der Waals surface area contributed by atoms with Crippen molar-refractivity contribution in [1.29, 1.82) is 0 Å². The molecule has 3 aromatic rings. The highest BCUT2D eigenvalue weighted by Crippen LogP contribution is 2.41. The molecule has 0 fully saturated rings. The molecule has 0 aliphatic carbocycles. The molecule has 0 spiro atoms. The number of benzene rings is 2. The van der Waals surface area contributed by atoms with Crippen LogP contribution in [0.2, 0.25) is 0 Å². The van der Waals surface area contributed by atoms with Crippen molar-refractivity contribution in [1.82, 2.24) is 4.98 Å². The highest BCUT2D eigenvalue weighted by atomic mass is 16.7. The summed E-state index contributed by atoms with van der Waals surface area (Å²) in [6.45, 7) is 0.211. The van der Waals surface area contributed by atoms with Gasteiger partial charge < -0.3 is 28.4 Å². The fraction of sp³-hybridized carbons (Fsp3) is 0.318. The van der Waals surface area contributed by atoms with Gasteiger partial charge >= 0.3 is 0 Å². The lowest BCUT2D eigenvalue weighted by Gasteiger charge is -2.17. The van der Waals surface area contributed by atoms with Crippen molar-refractivity contribution < 1.29 is 28.4 Å². The van der Waals surface area contributed by atoms with Crippen molar-refractivity contribution in [2.45, 2.75) is 6.29 Å². The van der Waals surface area contributed by atoms with Gasteiger partial charge in [-0.05, 0) is 29.7 Å². The van der Waals surface area contributed by atoms with Crippen molar-refractivity contribution in [3.63, 3.8) is 0 Å². The van der Waals surface area contributed by atoms with Gasteiger partial charge in [-0.25, -0.2) is 4.98 Å². The van der Waals surface area contributed by atoms with Gasteiger partial charge in [-0.3, -0.25) is 0 Å². The van der Waals surface area contributed by atoms with Crippen LogP contribution in [0.25, 0.3) is 22.0 Å². The molecule has 0 atom stereocenters. The van der Waals surface area contributed by atoms with E-state index in [1.54, 1.807) is 35.5 Å². The normalized spacial score (nSPS) is 11.0. The lowest BCUT2D eigenvalue weighted by molar-refractivity contribution is -0.122. The maximum absolute atomic E-state index is 5.94. The molecule has 2 aromatic carbocycles. The second kappa shape index (κ2) is 9.45. The third-order valence-corrected chi connectivity index (χ3v) is 4.55. The second-order valence-electron chi connectivity index (χ2n) is 6.16. The van der Waals surface area contributed by atoms with Crippen LogP contribution in [0, 0.1) is 0 Å². The third kappa shape index (κ3) is 4.36. The second-order valence-corrected chi connectivity index (χ2v) is 6.16. The Labute approximate surface area is 170 Å². The Morgan fingerprint density at radius 3 is 2.07 bits per heavy atom. The average molecular weight is 399 g/mol. The molecule has 0 saturated carbocycles.